The van der Waals surface area contributed by atoms with E-state index in [9.17, 15) is 0 Å². The molecule has 2 aliphatic rings. The third kappa shape index (κ3) is 4.37. The molecule has 0 amide bonds. The molecular weight excluding hydrogens is 438 g/mol. The van der Waals surface area contributed by atoms with E-state index < -0.39 is 0 Å². The molecule has 0 radical (unpaired) electrons. The van der Waals surface area contributed by atoms with E-state index in [4.69, 9.17) is 9.47 Å². The Morgan fingerprint density at radius 2 is 1.83 bits per heavy atom. The van der Waals surface area contributed by atoms with Gasteiger partial charge >= 0.3 is 0 Å². The number of pyridine rings is 1. The number of hydrogen-bond acceptors (Lipinski definition) is 5. The van der Waals surface area contributed by atoms with Crippen molar-refractivity contribution in [2.24, 2.45) is 5.41 Å². The average molecular weight is 474 g/mol. The number of imidazole rings is 1. The summed E-state index contributed by atoms with van der Waals surface area (Å²) in [6, 6.07) is 11.6. The first-order valence-corrected chi connectivity index (χ1v) is 12.7. The SMILES string of the molecule is Cc1nc2nccc(-c3cc4cc(CN(C)C5CCC6(CC5)OCC(C)(C)CO6)ccc4[nH]3)c2[nH]1. The van der Waals surface area contributed by atoms with E-state index in [-0.39, 0.29) is 11.2 Å². The summed E-state index contributed by atoms with van der Waals surface area (Å²) in [6.07, 6.45) is 5.99. The Hall–Kier alpha value is -2.74. The van der Waals surface area contributed by atoms with Crippen molar-refractivity contribution >= 4 is 22.1 Å². The minimum Gasteiger partial charge on any atom is -0.354 e. The maximum Gasteiger partial charge on any atom is 0.178 e. The van der Waals surface area contributed by atoms with Crippen LogP contribution in [0.3, 0.4) is 0 Å². The lowest BCUT2D eigenvalue weighted by atomic mass is 9.86. The number of H-pyrrole nitrogens is 2. The number of aromatic amines is 2. The Morgan fingerprint density at radius 3 is 2.60 bits per heavy atom. The maximum absolute atomic E-state index is 6.23. The molecule has 4 aromatic rings. The number of aromatic nitrogens is 4. The third-order valence-electron chi connectivity index (χ3n) is 7.71. The molecule has 0 unspecified atom stereocenters. The molecule has 7 heteroatoms. The zero-order valence-corrected chi connectivity index (χ0v) is 21.1. The second kappa shape index (κ2) is 8.43. The molecule has 2 N–H and O–H groups in total. The molecule has 0 bridgehead atoms. The summed E-state index contributed by atoms with van der Waals surface area (Å²) in [5.41, 5.74) is 6.49. The van der Waals surface area contributed by atoms with Crippen LogP contribution in [-0.4, -0.2) is 56.9 Å². The van der Waals surface area contributed by atoms with Gasteiger partial charge in [0.25, 0.3) is 0 Å². The maximum atomic E-state index is 6.23. The largest absolute Gasteiger partial charge is 0.354 e. The highest BCUT2D eigenvalue weighted by atomic mass is 16.7. The molecule has 1 aliphatic heterocycles. The van der Waals surface area contributed by atoms with Crippen molar-refractivity contribution in [3.8, 4) is 11.3 Å². The van der Waals surface area contributed by atoms with Gasteiger partial charge in [-0.2, -0.15) is 0 Å². The Bertz CT molecular complexity index is 1350. The Balaban J connectivity index is 1.15. The fraction of sp³-hybridized carbons (Fsp3) is 0.500. The first-order valence-electron chi connectivity index (χ1n) is 12.7. The van der Waals surface area contributed by atoms with Crippen LogP contribution in [0.4, 0.5) is 0 Å². The van der Waals surface area contributed by atoms with Crippen LogP contribution < -0.4 is 0 Å². The number of fused-ring (bicyclic) bond motifs is 2. The van der Waals surface area contributed by atoms with Crippen LogP contribution in [0.1, 0.15) is 50.9 Å². The van der Waals surface area contributed by atoms with E-state index in [2.05, 4.69) is 70.0 Å². The standard InChI is InChI=1S/C28H35N5O2/c1-18-30-25-22(9-12-29-26(25)31-18)24-14-20-13-19(5-6-23(20)32-24)15-33(4)21-7-10-28(11-8-21)34-16-27(2,3)17-35-28/h5-6,9,12-14,21,32H,7-8,10-11,15-17H2,1-4H3,(H,29,30,31). The van der Waals surface area contributed by atoms with Crippen molar-refractivity contribution < 1.29 is 9.47 Å². The van der Waals surface area contributed by atoms with Crippen LogP contribution in [0.25, 0.3) is 33.3 Å². The Kier molecular flexibility index (Phi) is 5.47. The number of ether oxygens (including phenoxy) is 2. The minimum atomic E-state index is -0.348. The Morgan fingerprint density at radius 1 is 1.06 bits per heavy atom. The lowest BCUT2D eigenvalue weighted by molar-refractivity contribution is -0.312. The van der Waals surface area contributed by atoms with E-state index >= 15 is 0 Å². The van der Waals surface area contributed by atoms with Crippen molar-refractivity contribution in [3.63, 3.8) is 0 Å². The molecule has 4 heterocycles. The van der Waals surface area contributed by atoms with Gasteiger partial charge in [-0.05, 0) is 56.6 Å². The number of benzene rings is 1. The fourth-order valence-electron chi connectivity index (χ4n) is 5.60. The van der Waals surface area contributed by atoms with Crippen LogP contribution >= 0.6 is 0 Å². The van der Waals surface area contributed by atoms with Crippen molar-refractivity contribution in [1.82, 2.24) is 24.8 Å². The molecule has 1 saturated carbocycles. The molecule has 1 aromatic carbocycles. The van der Waals surface area contributed by atoms with E-state index in [1.807, 2.05) is 19.2 Å². The summed E-state index contributed by atoms with van der Waals surface area (Å²) in [7, 11) is 2.25. The molecule has 1 saturated heterocycles. The lowest BCUT2D eigenvalue weighted by Crippen LogP contribution is -2.51. The number of nitrogens with zero attached hydrogens (tertiary/aromatic N) is 3. The number of nitrogens with one attached hydrogen (secondary N) is 2. The van der Waals surface area contributed by atoms with Gasteiger partial charge in [-0.15, -0.1) is 0 Å². The second-order valence-corrected chi connectivity index (χ2v) is 11.3. The molecule has 1 aliphatic carbocycles. The highest BCUT2D eigenvalue weighted by Crippen LogP contribution is 2.40. The average Bonchev–Trinajstić information content (AvgIpc) is 3.43. The number of hydrogen-bond donors (Lipinski definition) is 2. The quantitative estimate of drug-likeness (QED) is 0.406. The molecule has 184 valence electrons. The smallest absolute Gasteiger partial charge is 0.178 e. The van der Waals surface area contributed by atoms with E-state index in [1.165, 1.54) is 10.9 Å². The minimum absolute atomic E-state index is 0.121. The first-order chi connectivity index (χ1) is 16.8. The van der Waals surface area contributed by atoms with Crippen LogP contribution in [-0.2, 0) is 16.0 Å². The van der Waals surface area contributed by atoms with Crippen molar-refractivity contribution in [3.05, 3.63) is 47.9 Å². The van der Waals surface area contributed by atoms with Gasteiger partial charge in [0.05, 0.1) is 18.7 Å². The molecule has 35 heavy (non-hydrogen) atoms. The summed E-state index contributed by atoms with van der Waals surface area (Å²) >= 11 is 0. The summed E-state index contributed by atoms with van der Waals surface area (Å²) in [4.78, 5) is 18.3. The van der Waals surface area contributed by atoms with Gasteiger partial charge in [0.1, 0.15) is 5.82 Å². The molecule has 0 atom stereocenters. The predicted molar refractivity (Wildman–Crippen MR) is 138 cm³/mol. The van der Waals surface area contributed by atoms with E-state index in [1.54, 1.807) is 0 Å². The van der Waals surface area contributed by atoms with E-state index in [0.29, 0.717) is 6.04 Å². The summed E-state index contributed by atoms with van der Waals surface area (Å²) < 4.78 is 12.5. The van der Waals surface area contributed by atoms with Crippen molar-refractivity contribution in [1.29, 1.82) is 0 Å². The first kappa shape index (κ1) is 22.7. The van der Waals surface area contributed by atoms with Gasteiger partial charge in [0.2, 0.25) is 0 Å². The van der Waals surface area contributed by atoms with E-state index in [0.717, 1.165) is 79.2 Å². The summed E-state index contributed by atoms with van der Waals surface area (Å²) in [5, 5.41) is 1.22. The molecule has 3 aromatic heterocycles. The van der Waals surface area contributed by atoms with Gasteiger partial charge in [-0.25, -0.2) is 9.97 Å². The Labute approximate surface area is 206 Å². The monoisotopic (exact) mass is 473 g/mol. The molecule has 6 rings (SSSR count). The molecular formula is C28H35N5O2. The number of rotatable bonds is 4. The van der Waals surface area contributed by atoms with Gasteiger partial charge in [-0.1, -0.05) is 19.9 Å². The van der Waals surface area contributed by atoms with Crippen LogP contribution in [0.15, 0.2) is 36.5 Å². The van der Waals surface area contributed by atoms with Gasteiger partial charge in [-0.3, -0.25) is 4.90 Å². The van der Waals surface area contributed by atoms with Crippen LogP contribution in [0.5, 0.6) is 0 Å². The summed E-state index contributed by atoms with van der Waals surface area (Å²) in [5.74, 6) is 0.527. The van der Waals surface area contributed by atoms with Gasteiger partial charge in [0, 0.05) is 59.2 Å². The predicted octanol–water partition coefficient (Wildman–Crippen LogP) is 5.56. The van der Waals surface area contributed by atoms with Gasteiger partial charge in [0.15, 0.2) is 11.4 Å². The second-order valence-electron chi connectivity index (χ2n) is 11.3. The van der Waals surface area contributed by atoms with Crippen molar-refractivity contribution in [2.75, 3.05) is 20.3 Å². The number of aryl methyl sites for hydroxylation is 1. The highest BCUT2D eigenvalue weighted by molar-refractivity contribution is 5.94. The molecule has 2 fully saturated rings. The van der Waals surface area contributed by atoms with Gasteiger partial charge < -0.3 is 19.4 Å². The van der Waals surface area contributed by atoms with Crippen molar-refractivity contribution in [2.45, 2.75) is 64.8 Å². The zero-order chi connectivity index (χ0) is 24.2. The third-order valence-corrected chi connectivity index (χ3v) is 7.71. The summed E-state index contributed by atoms with van der Waals surface area (Å²) in [6.45, 7) is 8.89. The zero-order valence-electron chi connectivity index (χ0n) is 21.1. The van der Waals surface area contributed by atoms with Crippen LogP contribution in [0.2, 0.25) is 0 Å². The lowest BCUT2D eigenvalue weighted by Gasteiger charge is -2.47. The fourth-order valence-corrected chi connectivity index (χ4v) is 5.60. The molecule has 1 spiro atoms. The topological polar surface area (TPSA) is 79.1 Å². The molecule has 7 nitrogen and oxygen atoms in total. The van der Waals surface area contributed by atoms with Crippen LogP contribution in [0, 0.1) is 12.3 Å². The normalized spacial score (nSPS) is 20.4. The highest BCUT2D eigenvalue weighted by Gasteiger charge is 2.43.